The Hall–Kier alpha value is -5.48. The molecule has 51 heavy (non-hydrogen) atoms. The minimum Gasteiger partial charge on any atom is -0.508 e. The molecule has 1 saturated heterocycles. The third kappa shape index (κ3) is 7.37. The number of aromatic hydroxyl groups is 1. The summed E-state index contributed by atoms with van der Waals surface area (Å²) in [5, 5.41) is 45.3. The van der Waals surface area contributed by atoms with Gasteiger partial charge in [0.2, 0.25) is 18.4 Å². The molecule has 0 aliphatic carbocycles. The molecule has 268 valence electrons. The molecular formula is C36H37N3O12. The number of fused-ring (bicyclic) bond motifs is 2. The first-order chi connectivity index (χ1) is 24.4. The fraction of sp³-hybridized carbons (Fsp3) is 0.333. The molecule has 6 rings (SSSR count). The number of carbonyl (C=O) groups excluding carboxylic acids is 1. The van der Waals surface area contributed by atoms with Gasteiger partial charge < -0.3 is 43.9 Å². The number of nitrogens with zero attached hydrogens (tertiary/aromatic N) is 2. The van der Waals surface area contributed by atoms with Crippen molar-refractivity contribution in [2.45, 2.75) is 57.0 Å². The fourth-order valence-electron chi connectivity index (χ4n) is 5.71. The molecule has 6 atom stereocenters. The first-order valence-corrected chi connectivity index (χ1v) is 16.2. The maximum atomic E-state index is 13.3. The normalized spacial score (nSPS) is 22.1. The van der Waals surface area contributed by atoms with Crippen molar-refractivity contribution < 1.29 is 53.5 Å². The molecule has 2 aromatic heterocycles. The van der Waals surface area contributed by atoms with Gasteiger partial charge >= 0.3 is 11.9 Å². The Kier molecular flexibility index (Phi) is 10.2. The van der Waals surface area contributed by atoms with Gasteiger partial charge in [-0.15, -0.1) is 0 Å². The van der Waals surface area contributed by atoms with Crippen molar-refractivity contribution >= 4 is 35.1 Å². The number of aliphatic hydroxyl groups excluding tert-OH is 2. The number of phenols is 1. The van der Waals surface area contributed by atoms with Crippen molar-refractivity contribution in [3.8, 4) is 22.6 Å². The third-order valence-electron chi connectivity index (χ3n) is 8.47. The predicted molar refractivity (Wildman–Crippen MR) is 181 cm³/mol. The number of hydrogen-bond donors (Lipinski definition) is 5. The lowest BCUT2D eigenvalue weighted by Gasteiger charge is -2.41. The minimum absolute atomic E-state index is 0.0519. The van der Waals surface area contributed by atoms with Crippen LogP contribution in [0, 0.1) is 5.92 Å². The molecule has 0 bridgehead atoms. The Balaban J connectivity index is 1.32. The third-order valence-corrected chi connectivity index (χ3v) is 8.47. The highest BCUT2D eigenvalue weighted by molar-refractivity contribution is 5.98. The molecular weight excluding hydrogens is 666 g/mol. The molecule has 15 heteroatoms. The van der Waals surface area contributed by atoms with E-state index < -0.39 is 55.3 Å². The van der Waals surface area contributed by atoms with E-state index in [1.54, 1.807) is 30.6 Å². The van der Waals surface area contributed by atoms with Crippen LogP contribution in [0.15, 0.2) is 75.3 Å². The predicted octanol–water partition coefficient (Wildman–Crippen LogP) is 0.936. The Bertz CT molecular complexity index is 2140. The second-order valence-corrected chi connectivity index (χ2v) is 12.5. The molecule has 0 spiro atoms. The van der Waals surface area contributed by atoms with E-state index in [2.05, 4.69) is 24.2 Å². The minimum atomic E-state index is -1.67. The van der Waals surface area contributed by atoms with Crippen LogP contribution in [-0.4, -0.2) is 87.5 Å². The zero-order chi connectivity index (χ0) is 36.4. The van der Waals surface area contributed by atoms with Crippen LogP contribution in [0.4, 0.5) is 0 Å². The quantitative estimate of drug-likeness (QED) is 0.103. The van der Waals surface area contributed by atoms with Crippen LogP contribution >= 0.6 is 0 Å². The molecule has 1 fully saturated rings. The second-order valence-electron chi connectivity index (χ2n) is 12.5. The van der Waals surface area contributed by atoms with E-state index in [0.29, 0.717) is 28.6 Å². The number of carboxylic acids is 1. The van der Waals surface area contributed by atoms with Crippen molar-refractivity contribution in [1.29, 1.82) is 0 Å². The summed E-state index contributed by atoms with van der Waals surface area (Å²) in [6, 6.07) is 8.87. The summed E-state index contributed by atoms with van der Waals surface area (Å²) >= 11 is 0. The summed E-state index contributed by atoms with van der Waals surface area (Å²) in [5.74, 6) is -2.09. The molecule has 4 aromatic rings. The number of likely N-dealkylation sites (N-methyl/N-ethyl adjacent to an activating group) is 1. The summed E-state index contributed by atoms with van der Waals surface area (Å²) in [6.07, 6.45) is 1.55. The topological polar surface area (TPSA) is 212 Å². The van der Waals surface area contributed by atoms with Crippen molar-refractivity contribution in [1.82, 2.24) is 10.0 Å². The molecule has 5 N–H and O–H groups in total. The standard InChI is InChI=1S/C36H37N3O12/c1-18(2)4-11-25-28-20(12-13-38-28)15-39(25)51-33-32(43)31(42)27(17-48-35(46)29(37-3)34(44)45)50-36(33)49-22-9-10-23-26(14-22)47-16-24(30(23)41)19-5-7-21(40)8-6-19/h5-16,18,27,29,31-33,36-37,40,42-43H,4,17H2,1-3H3,(H,44,45). The SMILES string of the molecule is CNC(C(=O)O)C(=O)OCC1OC(Oc2ccc3c(=O)c(-c4ccc(O)cc4)coc3c2)C(On2cc3c(c2=CCC(C)C)=NC=C3)C(O)C1O. The number of esters is 1. The molecule has 2 aromatic carbocycles. The Morgan fingerprint density at radius 1 is 1.12 bits per heavy atom. The molecule has 6 unspecified atom stereocenters. The smallest absolute Gasteiger partial charge is 0.334 e. The summed E-state index contributed by atoms with van der Waals surface area (Å²) in [6.45, 7) is 3.49. The average molecular weight is 704 g/mol. The van der Waals surface area contributed by atoms with E-state index in [1.807, 2.05) is 6.08 Å². The molecule has 0 saturated carbocycles. The Morgan fingerprint density at radius 3 is 2.59 bits per heavy atom. The van der Waals surface area contributed by atoms with Crippen molar-refractivity contribution in [2.24, 2.45) is 10.9 Å². The number of phenolic OH excluding ortho intramolecular Hbond substituents is 1. The molecule has 2 aliphatic rings. The number of rotatable bonds is 12. The summed E-state index contributed by atoms with van der Waals surface area (Å²) in [5.41, 5.74) is 1.45. The molecule has 15 nitrogen and oxygen atoms in total. The largest absolute Gasteiger partial charge is 0.508 e. The zero-order valence-corrected chi connectivity index (χ0v) is 27.8. The van der Waals surface area contributed by atoms with Gasteiger partial charge in [0.1, 0.15) is 53.6 Å². The highest BCUT2D eigenvalue weighted by atomic mass is 16.8. The van der Waals surface area contributed by atoms with Crippen LogP contribution in [-0.2, 0) is 19.1 Å². The zero-order valence-electron chi connectivity index (χ0n) is 27.8. The maximum Gasteiger partial charge on any atom is 0.334 e. The maximum absolute atomic E-state index is 13.3. The molecule has 2 aliphatic heterocycles. The van der Waals surface area contributed by atoms with Gasteiger partial charge in [-0.1, -0.05) is 32.1 Å². The summed E-state index contributed by atoms with van der Waals surface area (Å²) in [4.78, 5) is 47.9. The van der Waals surface area contributed by atoms with Crippen LogP contribution in [0.25, 0.3) is 34.2 Å². The van der Waals surface area contributed by atoms with E-state index in [9.17, 15) is 34.8 Å². The van der Waals surface area contributed by atoms with Gasteiger partial charge in [0.25, 0.3) is 0 Å². The molecule has 4 heterocycles. The van der Waals surface area contributed by atoms with Crippen LogP contribution in [0.1, 0.15) is 25.8 Å². The van der Waals surface area contributed by atoms with Crippen LogP contribution in [0.2, 0.25) is 0 Å². The number of carbonyl (C=O) groups is 2. The molecule has 0 radical (unpaired) electrons. The van der Waals surface area contributed by atoms with Crippen molar-refractivity contribution in [3.05, 3.63) is 87.6 Å². The average Bonchev–Trinajstić information content (AvgIpc) is 3.68. The van der Waals surface area contributed by atoms with Gasteiger partial charge in [-0.2, -0.15) is 4.73 Å². The molecule has 0 amide bonds. The van der Waals surface area contributed by atoms with Gasteiger partial charge in [-0.05, 0) is 55.3 Å². The van der Waals surface area contributed by atoms with E-state index in [-0.39, 0.29) is 33.5 Å². The lowest BCUT2D eigenvalue weighted by atomic mass is 9.99. The Morgan fingerprint density at radius 2 is 1.88 bits per heavy atom. The van der Waals surface area contributed by atoms with E-state index in [0.717, 1.165) is 5.56 Å². The second kappa shape index (κ2) is 14.8. The van der Waals surface area contributed by atoms with Crippen molar-refractivity contribution in [3.63, 3.8) is 0 Å². The lowest BCUT2D eigenvalue weighted by Crippen LogP contribution is -2.64. The van der Waals surface area contributed by atoms with Crippen LogP contribution in [0.3, 0.4) is 0 Å². The first kappa shape index (κ1) is 35.3. The number of ether oxygens (including phenoxy) is 3. The Labute approximate surface area is 290 Å². The number of benzene rings is 2. The monoisotopic (exact) mass is 703 g/mol. The number of hydrogen-bond acceptors (Lipinski definition) is 13. The van der Waals surface area contributed by atoms with Gasteiger partial charge in [-0.3, -0.25) is 15.1 Å². The highest BCUT2D eigenvalue weighted by Gasteiger charge is 2.49. The number of aliphatic carboxylic acids is 1. The van der Waals surface area contributed by atoms with Gasteiger partial charge in [0.05, 0.1) is 22.5 Å². The van der Waals surface area contributed by atoms with Crippen molar-refractivity contribution in [2.75, 3.05) is 13.7 Å². The number of carboxylic acid groups (broad SMARTS) is 1. The van der Waals surface area contributed by atoms with Gasteiger partial charge in [-0.25, -0.2) is 9.59 Å². The van der Waals surface area contributed by atoms with Gasteiger partial charge in [0, 0.05) is 17.8 Å². The lowest BCUT2D eigenvalue weighted by molar-refractivity contribution is -0.288. The van der Waals surface area contributed by atoms with E-state index in [4.69, 9.17) is 23.5 Å². The van der Waals surface area contributed by atoms with Crippen LogP contribution in [0.5, 0.6) is 11.5 Å². The summed E-state index contributed by atoms with van der Waals surface area (Å²) < 4.78 is 24.6. The number of aliphatic hydroxyl groups is 2. The first-order valence-electron chi connectivity index (χ1n) is 16.2. The number of nitrogens with one attached hydrogen (secondary N) is 1. The van der Waals surface area contributed by atoms with E-state index in [1.165, 1.54) is 48.4 Å². The van der Waals surface area contributed by atoms with Gasteiger partial charge in [0.15, 0.2) is 5.43 Å². The van der Waals surface area contributed by atoms with Crippen LogP contribution < -0.4 is 31.0 Å². The number of aromatic nitrogens is 1. The fourth-order valence-corrected chi connectivity index (χ4v) is 5.71. The highest BCUT2D eigenvalue weighted by Crippen LogP contribution is 2.29. The summed E-state index contributed by atoms with van der Waals surface area (Å²) in [7, 11) is 1.27. The van der Waals surface area contributed by atoms with E-state index >= 15 is 0 Å².